The molecule has 5 heteroatoms. The van der Waals surface area contributed by atoms with Gasteiger partial charge in [0, 0.05) is 30.9 Å². The van der Waals surface area contributed by atoms with Crippen molar-refractivity contribution in [3.63, 3.8) is 0 Å². The molecule has 1 saturated heterocycles. The molecule has 2 amide bonds. The van der Waals surface area contributed by atoms with E-state index in [0.717, 1.165) is 56.7 Å². The largest absolute Gasteiger partial charge is 0.398 e. The SMILES string of the molecule is Nc1ccccc1C1(NC(=O)N2CCCNCC2)CC1. The van der Waals surface area contributed by atoms with E-state index in [0.29, 0.717) is 0 Å². The van der Waals surface area contributed by atoms with Crippen molar-refractivity contribution < 1.29 is 4.79 Å². The Bertz CT molecular complexity index is 490. The van der Waals surface area contributed by atoms with Crippen molar-refractivity contribution in [3.05, 3.63) is 29.8 Å². The summed E-state index contributed by atoms with van der Waals surface area (Å²) < 4.78 is 0. The average molecular weight is 274 g/mol. The normalized spacial score (nSPS) is 21.1. The summed E-state index contributed by atoms with van der Waals surface area (Å²) >= 11 is 0. The fourth-order valence-electron chi connectivity index (χ4n) is 2.85. The second-order valence-corrected chi connectivity index (χ2v) is 5.69. The Hall–Kier alpha value is -1.75. The van der Waals surface area contributed by atoms with Crippen LogP contribution < -0.4 is 16.4 Å². The molecule has 0 atom stereocenters. The van der Waals surface area contributed by atoms with Gasteiger partial charge in [0.25, 0.3) is 0 Å². The van der Waals surface area contributed by atoms with Crippen molar-refractivity contribution in [2.45, 2.75) is 24.8 Å². The van der Waals surface area contributed by atoms with E-state index in [-0.39, 0.29) is 11.6 Å². The standard InChI is InChI=1S/C15H22N4O/c16-13-5-2-1-4-12(13)15(6-7-15)18-14(20)19-10-3-8-17-9-11-19/h1-2,4-5,17H,3,6-11,16H2,(H,18,20). The van der Waals surface area contributed by atoms with E-state index in [2.05, 4.69) is 10.6 Å². The van der Waals surface area contributed by atoms with Crippen LogP contribution in [0, 0.1) is 0 Å². The molecule has 1 saturated carbocycles. The molecule has 0 radical (unpaired) electrons. The number of amides is 2. The quantitative estimate of drug-likeness (QED) is 0.711. The molecule has 0 bridgehead atoms. The molecule has 2 fully saturated rings. The highest BCUT2D eigenvalue weighted by Gasteiger charge is 2.47. The first-order valence-corrected chi connectivity index (χ1v) is 7.34. The number of nitrogens with zero attached hydrogens (tertiary/aromatic N) is 1. The summed E-state index contributed by atoms with van der Waals surface area (Å²) in [6.45, 7) is 3.44. The summed E-state index contributed by atoms with van der Waals surface area (Å²) in [5, 5.41) is 6.51. The third-order valence-electron chi connectivity index (χ3n) is 4.20. The van der Waals surface area contributed by atoms with Gasteiger partial charge in [0.1, 0.15) is 0 Å². The number of hydrogen-bond acceptors (Lipinski definition) is 3. The van der Waals surface area contributed by atoms with Gasteiger partial charge in [-0.05, 0) is 31.9 Å². The molecule has 1 aromatic rings. The highest BCUT2D eigenvalue weighted by atomic mass is 16.2. The summed E-state index contributed by atoms with van der Waals surface area (Å²) in [7, 11) is 0. The minimum absolute atomic E-state index is 0.0365. The second kappa shape index (κ2) is 5.32. The lowest BCUT2D eigenvalue weighted by molar-refractivity contribution is 0.195. The van der Waals surface area contributed by atoms with Gasteiger partial charge in [-0.15, -0.1) is 0 Å². The highest BCUT2D eigenvalue weighted by Crippen LogP contribution is 2.47. The molecule has 5 nitrogen and oxygen atoms in total. The Morgan fingerprint density at radius 2 is 2.05 bits per heavy atom. The molecule has 1 aliphatic heterocycles. The van der Waals surface area contributed by atoms with Crippen LogP contribution in [0.1, 0.15) is 24.8 Å². The Morgan fingerprint density at radius 1 is 1.25 bits per heavy atom. The summed E-state index contributed by atoms with van der Waals surface area (Å²) in [6, 6.07) is 7.86. The zero-order valence-electron chi connectivity index (χ0n) is 11.7. The zero-order chi connectivity index (χ0) is 14.0. The predicted octanol–water partition coefficient (Wildman–Crippen LogP) is 1.26. The molecule has 0 unspecified atom stereocenters. The fraction of sp³-hybridized carbons (Fsp3) is 0.533. The second-order valence-electron chi connectivity index (χ2n) is 5.69. The van der Waals surface area contributed by atoms with Gasteiger partial charge in [0.05, 0.1) is 5.54 Å². The van der Waals surface area contributed by atoms with E-state index in [9.17, 15) is 4.79 Å². The fourth-order valence-corrected chi connectivity index (χ4v) is 2.85. The average Bonchev–Trinajstić information content (AvgIpc) is 3.23. The number of benzene rings is 1. The number of nitrogens with two attached hydrogens (primary N) is 1. The van der Waals surface area contributed by atoms with E-state index in [4.69, 9.17) is 5.73 Å². The van der Waals surface area contributed by atoms with E-state index in [1.165, 1.54) is 0 Å². The van der Waals surface area contributed by atoms with Gasteiger partial charge in [-0.3, -0.25) is 0 Å². The van der Waals surface area contributed by atoms with Gasteiger partial charge in [0.15, 0.2) is 0 Å². The smallest absolute Gasteiger partial charge is 0.318 e. The van der Waals surface area contributed by atoms with Crippen molar-refractivity contribution in [1.82, 2.24) is 15.5 Å². The summed E-state index contributed by atoms with van der Waals surface area (Å²) in [6.07, 6.45) is 2.95. The van der Waals surface area contributed by atoms with E-state index in [1.807, 2.05) is 29.2 Å². The van der Waals surface area contributed by atoms with Gasteiger partial charge >= 0.3 is 6.03 Å². The molecule has 0 spiro atoms. The molecular weight excluding hydrogens is 252 g/mol. The first-order chi connectivity index (χ1) is 9.71. The van der Waals surface area contributed by atoms with Crippen molar-refractivity contribution >= 4 is 11.7 Å². The lowest BCUT2D eigenvalue weighted by atomic mass is 10.0. The number of anilines is 1. The third-order valence-corrected chi connectivity index (χ3v) is 4.20. The van der Waals surface area contributed by atoms with Gasteiger partial charge in [0.2, 0.25) is 0 Å². The summed E-state index contributed by atoms with van der Waals surface area (Å²) in [5.74, 6) is 0. The zero-order valence-corrected chi connectivity index (χ0v) is 11.7. The van der Waals surface area contributed by atoms with E-state index in [1.54, 1.807) is 0 Å². The van der Waals surface area contributed by atoms with Crippen molar-refractivity contribution in [1.29, 1.82) is 0 Å². The van der Waals surface area contributed by atoms with Crippen LogP contribution in [0.5, 0.6) is 0 Å². The molecule has 3 rings (SSSR count). The summed E-state index contributed by atoms with van der Waals surface area (Å²) in [4.78, 5) is 14.3. The van der Waals surface area contributed by atoms with Gasteiger partial charge in [-0.2, -0.15) is 0 Å². The van der Waals surface area contributed by atoms with Crippen molar-refractivity contribution in [3.8, 4) is 0 Å². The minimum Gasteiger partial charge on any atom is -0.398 e. The minimum atomic E-state index is -0.234. The Labute approximate surface area is 119 Å². The van der Waals surface area contributed by atoms with Crippen LogP contribution >= 0.6 is 0 Å². The number of para-hydroxylation sites is 1. The van der Waals surface area contributed by atoms with Crippen LogP contribution in [0.4, 0.5) is 10.5 Å². The lowest BCUT2D eigenvalue weighted by Crippen LogP contribution is -2.46. The van der Waals surface area contributed by atoms with Crippen LogP contribution in [0.15, 0.2) is 24.3 Å². The highest BCUT2D eigenvalue weighted by molar-refractivity contribution is 5.76. The van der Waals surface area contributed by atoms with Crippen molar-refractivity contribution in [2.24, 2.45) is 0 Å². The van der Waals surface area contributed by atoms with Crippen molar-refractivity contribution in [2.75, 3.05) is 31.9 Å². The number of rotatable bonds is 2. The first kappa shape index (κ1) is 13.2. The first-order valence-electron chi connectivity index (χ1n) is 7.34. The molecular formula is C15H22N4O. The molecule has 108 valence electrons. The van der Waals surface area contributed by atoms with Crippen LogP contribution in [0.2, 0.25) is 0 Å². The van der Waals surface area contributed by atoms with E-state index >= 15 is 0 Å². The maximum Gasteiger partial charge on any atom is 0.318 e. The number of carbonyl (C=O) groups excluding carboxylic acids is 1. The third kappa shape index (κ3) is 2.58. The topological polar surface area (TPSA) is 70.4 Å². The number of nitrogens with one attached hydrogen (secondary N) is 2. The monoisotopic (exact) mass is 274 g/mol. The van der Waals surface area contributed by atoms with E-state index < -0.39 is 0 Å². The molecule has 1 aliphatic carbocycles. The summed E-state index contributed by atoms with van der Waals surface area (Å²) in [5.41, 5.74) is 7.64. The number of carbonyl (C=O) groups is 1. The molecule has 1 heterocycles. The Balaban J connectivity index is 1.70. The van der Waals surface area contributed by atoms with Gasteiger partial charge in [-0.1, -0.05) is 18.2 Å². The number of hydrogen-bond donors (Lipinski definition) is 3. The van der Waals surface area contributed by atoms with Crippen LogP contribution in [-0.2, 0) is 5.54 Å². The number of nitrogen functional groups attached to an aromatic ring is 1. The number of urea groups is 1. The van der Waals surface area contributed by atoms with Gasteiger partial charge in [-0.25, -0.2) is 4.79 Å². The maximum atomic E-state index is 12.4. The van der Waals surface area contributed by atoms with Gasteiger partial charge < -0.3 is 21.3 Å². The molecule has 4 N–H and O–H groups in total. The lowest BCUT2D eigenvalue weighted by Gasteiger charge is -2.26. The molecule has 1 aromatic carbocycles. The Kier molecular flexibility index (Phi) is 3.53. The molecule has 2 aliphatic rings. The molecule has 0 aromatic heterocycles. The Morgan fingerprint density at radius 3 is 2.80 bits per heavy atom. The van der Waals surface area contributed by atoms with Crippen LogP contribution in [-0.4, -0.2) is 37.1 Å². The molecule has 20 heavy (non-hydrogen) atoms. The maximum absolute atomic E-state index is 12.4. The van der Waals surface area contributed by atoms with Crippen LogP contribution in [0.3, 0.4) is 0 Å². The van der Waals surface area contributed by atoms with Crippen LogP contribution in [0.25, 0.3) is 0 Å². The predicted molar refractivity (Wildman–Crippen MR) is 79.4 cm³/mol.